The molecule has 0 radical (unpaired) electrons. The van der Waals surface area contributed by atoms with Crippen molar-refractivity contribution in [3.8, 4) is 21.2 Å². The smallest absolute Gasteiger partial charge is 0.258 e. The highest BCUT2D eigenvalue weighted by Crippen LogP contribution is 2.40. The van der Waals surface area contributed by atoms with Crippen LogP contribution < -0.4 is 20.3 Å². The number of aliphatic hydroxyl groups is 1. The number of thiophene rings is 1. The fourth-order valence-corrected chi connectivity index (χ4v) is 11.9. The van der Waals surface area contributed by atoms with E-state index < -0.39 is 35.6 Å². The maximum atomic E-state index is 14.4. The van der Waals surface area contributed by atoms with E-state index in [0.29, 0.717) is 60.7 Å². The zero-order chi connectivity index (χ0) is 51.9. The van der Waals surface area contributed by atoms with E-state index in [1.54, 1.807) is 45.9 Å². The molecule has 7 heterocycles. The van der Waals surface area contributed by atoms with E-state index in [9.17, 15) is 19.5 Å². The number of rotatable bonds is 14. The molecule has 5 atom stereocenters. The Morgan fingerprint density at radius 2 is 1.66 bits per heavy atom. The van der Waals surface area contributed by atoms with Crippen LogP contribution in [0.5, 0.6) is 5.75 Å². The molecule has 2 fully saturated rings. The number of hydrogen-bond acceptors (Lipinski definition) is 14. The van der Waals surface area contributed by atoms with Crippen molar-refractivity contribution in [1.82, 2.24) is 45.2 Å². The van der Waals surface area contributed by atoms with Crippen LogP contribution >= 0.6 is 34.3 Å². The Hall–Kier alpha value is -6.47. The molecule has 0 bridgehead atoms. The van der Waals surface area contributed by atoms with Crippen molar-refractivity contribution >= 4 is 63.5 Å². The van der Waals surface area contributed by atoms with E-state index >= 15 is 0 Å². The number of aliphatic hydroxyl groups excluding tert-OH is 1. The van der Waals surface area contributed by atoms with Gasteiger partial charge in [-0.15, -0.1) is 32.9 Å². The Kier molecular flexibility index (Phi) is 14.9. The van der Waals surface area contributed by atoms with Crippen LogP contribution in [0.2, 0.25) is 5.02 Å². The molecule has 2 saturated heterocycles. The summed E-state index contributed by atoms with van der Waals surface area (Å²) < 4.78 is 8.06. The van der Waals surface area contributed by atoms with Gasteiger partial charge < -0.3 is 35.2 Å². The van der Waals surface area contributed by atoms with E-state index in [1.165, 1.54) is 4.88 Å². The number of fused-ring (bicyclic) bond motifs is 3. The van der Waals surface area contributed by atoms with Crippen LogP contribution in [0.25, 0.3) is 15.4 Å². The number of benzene rings is 2. The second-order valence-corrected chi connectivity index (χ2v) is 22.7. The fourth-order valence-electron chi connectivity index (χ4n) is 9.79. The zero-order valence-electron chi connectivity index (χ0n) is 42.5. The molecule has 2 aromatic carbocycles. The third-order valence-corrected chi connectivity index (χ3v) is 16.4. The molecule has 0 unspecified atom stereocenters. The van der Waals surface area contributed by atoms with Crippen LogP contribution in [-0.2, 0) is 14.4 Å². The van der Waals surface area contributed by atoms with Crippen LogP contribution in [0.15, 0.2) is 89.6 Å². The molecule has 9 rings (SSSR count). The fraction of sp³-hybridized carbons (Fsp3) is 0.407. The van der Waals surface area contributed by atoms with Gasteiger partial charge in [0.15, 0.2) is 12.4 Å². The summed E-state index contributed by atoms with van der Waals surface area (Å²) in [6, 6.07) is 17.3. The van der Waals surface area contributed by atoms with E-state index in [4.69, 9.17) is 21.3 Å². The molecule has 19 heteroatoms. The molecule has 73 heavy (non-hydrogen) atoms. The first-order valence-electron chi connectivity index (χ1n) is 24.6. The van der Waals surface area contributed by atoms with Gasteiger partial charge in [-0.25, -0.2) is 9.97 Å². The van der Waals surface area contributed by atoms with Gasteiger partial charge in [0, 0.05) is 84.2 Å². The largest absolute Gasteiger partial charge is 0.484 e. The SMILES string of the molecule is C=C(N[C@@H](C)c1ccc(-c2scnc2C)cc1)[C@@H]1C[C@@H](O)CN1C(=O)[C@@H](NC(=O)COc1ccnc(N2CCN(C(=O)C[C@@H]3N=C(c4ccc(Cl)cc4)c4c(sc(C)c4C)-n4c(C)nnc43)CC2)c1)C(C)(C)C. The first-order chi connectivity index (χ1) is 34.8. The normalized spacial score (nSPS) is 18.6. The van der Waals surface area contributed by atoms with Crippen molar-refractivity contribution in [2.75, 3.05) is 44.2 Å². The molecule has 3 aliphatic heterocycles. The number of aliphatic imine (C=N–C) groups is 1. The van der Waals surface area contributed by atoms with Gasteiger partial charge in [-0.2, -0.15) is 0 Å². The van der Waals surface area contributed by atoms with E-state index in [-0.39, 0.29) is 37.4 Å². The van der Waals surface area contributed by atoms with Crippen LogP contribution in [0.4, 0.5) is 5.82 Å². The number of carbonyl (C=O) groups is 3. The number of ether oxygens (including phenoxy) is 1. The van der Waals surface area contributed by atoms with Gasteiger partial charge in [-0.3, -0.25) is 23.9 Å². The Morgan fingerprint density at radius 3 is 2.34 bits per heavy atom. The third-order valence-electron chi connectivity index (χ3n) is 14.0. The highest BCUT2D eigenvalue weighted by molar-refractivity contribution is 7.15. The minimum absolute atomic E-state index is 0.0369. The molecule has 3 N–H and O–H groups in total. The number of carbonyl (C=O) groups excluding carboxylic acids is 3. The number of hydrogen-bond donors (Lipinski definition) is 3. The van der Waals surface area contributed by atoms with E-state index in [2.05, 4.69) is 85.0 Å². The highest BCUT2D eigenvalue weighted by atomic mass is 35.5. The number of pyridine rings is 1. The van der Waals surface area contributed by atoms with E-state index in [1.807, 2.05) is 76.2 Å². The average Bonchev–Trinajstić information content (AvgIpc) is 4.14. The van der Waals surface area contributed by atoms with Crippen molar-refractivity contribution in [1.29, 1.82) is 0 Å². The Balaban J connectivity index is 0.800. The molecule has 0 saturated carbocycles. The van der Waals surface area contributed by atoms with Gasteiger partial charge in [-0.1, -0.05) is 75.3 Å². The summed E-state index contributed by atoms with van der Waals surface area (Å²) in [5.74, 6) is 1.64. The van der Waals surface area contributed by atoms with Gasteiger partial charge in [0.1, 0.15) is 34.5 Å². The lowest BCUT2D eigenvalue weighted by Crippen LogP contribution is -2.57. The predicted molar refractivity (Wildman–Crippen MR) is 287 cm³/mol. The minimum atomic E-state index is -0.916. The van der Waals surface area contributed by atoms with Crippen molar-refractivity contribution < 1.29 is 24.2 Å². The number of likely N-dealkylation sites (tertiary alicyclic amines) is 1. The molecule has 3 aliphatic rings. The number of halogens is 1. The maximum absolute atomic E-state index is 14.4. The Bertz CT molecular complexity index is 3060. The average molecular weight is 1040 g/mol. The molecular formula is C54H62ClN11O5S2. The molecule has 382 valence electrons. The van der Waals surface area contributed by atoms with Gasteiger partial charge >= 0.3 is 0 Å². The molecule has 0 spiro atoms. The number of nitrogens with zero attached hydrogens (tertiary/aromatic N) is 9. The van der Waals surface area contributed by atoms with Gasteiger partial charge in [-0.05, 0) is 74.9 Å². The monoisotopic (exact) mass is 1040 g/mol. The summed E-state index contributed by atoms with van der Waals surface area (Å²) in [4.78, 5) is 64.3. The molecule has 4 aromatic heterocycles. The first kappa shape index (κ1) is 51.4. The third kappa shape index (κ3) is 10.9. The second kappa shape index (κ2) is 21.2. The number of β-amino-alcohol motifs (C(OH)–C–C–N with tert-alkyl or cyclic N) is 1. The number of thiazole rings is 1. The van der Waals surface area contributed by atoms with E-state index in [0.717, 1.165) is 54.9 Å². The second-order valence-electron chi connectivity index (χ2n) is 20.2. The summed E-state index contributed by atoms with van der Waals surface area (Å²) in [6.07, 6.45) is 1.32. The standard InChI is InChI=1S/C54H62ClN11O5S2/c1-30-34(5)73-53-47(30)48(37-14-16-39(55)17-15-37)59-42(51-62-61-35(6)66(51)53)26-46(69)64-22-20-63(21-23-64)44-25-41(18-19-56-44)71-28-45(68)60-50(54(7,8)9)52(70)65-27-40(67)24-43(65)32(3)58-31(2)36-10-12-38(13-11-36)49-33(4)57-29-72-49/h10-19,25,29,31,40,42-43,50,58,67H,3,20-24,26-28H2,1-2,4-9H3,(H,60,68)/t31-,40+,42-,43-,50+/m0/s1. The summed E-state index contributed by atoms with van der Waals surface area (Å²) in [7, 11) is 0. The maximum Gasteiger partial charge on any atom is 0.258 e. The van der Waals surface area contributed by atoms with Crippen LogP contribution in [0, 0.1) is 33.1 Å². The molecule has 3 amide bonds. The predicted octanol–water partition coefficient (Wildman–Crippen LogP) is 8.10. The number of aryl methyl sites for hydroxylation is 3. The minimum Gasteiger partial charge on any atom is -0.484 e. The molecule has 16 nitrogen and oxygen atoms in total. The van der Waals surface area contributed by atoms with Crippen molar-refractivity contribution in [3.63, 3.8) is 0 Å². The van der Waals surface area contributed by atoms with Crippen molar-refractivity contribution in [2.24, 2.45) is 10.4 Å². The summed E-state index contributed by atoms with van der Waals surface area (Å²) in [6.45, 7) is 21.9. The molecule has 6 aromatic rings. The number of amides is 3. The van der Waals surface area contributed by atoms with Crippen LogP contribution in [0.1, 0.15) is 97.1 Å². The lowest BCUT2D eigenvalue weighted by molar-refractivity contribution is -0.140. The van der Waals surface area contributed by atoms with Gasteiger partial charge in [0.25, 0.3) is 5.91 Å². The number of nitrogens with one attached hydrogen (secondary N) is 2. The number of piperazine rings is 1. The Morgan fingerprint density at radius 1 is 0.945 bits per heavy atom. The van der Waals surface area contributed by atoms with Crippen LogP contribution in [0.3, 0.4) is 0 Å². The first-order valence-corrected chi connectivity index (χ1v) is 26.6. The number of anilines is 1. The lowest BCUT2D eigenvalue weighted by Gasteiger charge is -2.36. The zero-order valence-corrected chi connectivity index (χ0v) is 44.9. The summed E-state index contributed by atoms with van der Waals surface area (Å²) in [5.41, 5.74) is 8.78. The molecular weight excluding hydrogens is 982 g/mol. The van der Waals surface area contributed by atoms with Gasteiger partial charge in [0.2, 0.25) is 11.8 Å². The number of aromatic nitrogens is 5. The van der Waals surface area contributed by atoms with Crippen molar-refractivity contribution in [3.05, 3.63) is 134 Å². The molecule has 0 aliphatic carbocycles. The van der Waals surface area contributed by atoms with Gasteiger partial charge in [0.05, 0.1) is 40.4 Å². The van der Waals surface area contributed by atoms with Crippen molar-refractivity contribution in [2.45, 2.75) is 98.5 Å². The Labute approximate surface area is 439 Å². The highest BCUT2D eigenvalue weighted by Gasteiger charge is 2.43. The topological polar surface area (TPSA) is 183 Å². The quantitative estimate of drug-likeness (QED) is 0.0959. The summed E-state index contributed by atoms with van der Waals surface area (Å²) in [5, 5.41) is 27.9. The van der Waals surface area contributed by atoms with Crippen LogP contribution in [-0.4, -0.2) is 121 Å². The summed E-state index contributed by atoms with van der Waals surface area (Å²) >= 11 is 9.58. The lowest BCUT2D eigenvalue weighted by atomic mass is 9.85.